The van der Waals surface area contributed by atoms with E-state index < -0.39 is 110 Å². The zero-order valence-electron chi connectivity index (χ0n) is 33.9. The topological polar surface area (TPSA) is 325 Å². The molecule has 24 heteroatoms. The molecule has 0 bridgehead atoms. The molecule has 338 valence electrons. The minimum Gasteiger partial charge on any atom is -0.459 e. The second-order valence-electron chi connectivity index (χ2n) is 12.2. The monoisotopic (exact) mass is 858 g/mol. The fraction of sp³-hybridized carbons (Fsp3) is 0.743. The molecule has 0 aliphatic carbocycles. The molecule has 0 heterocycles. The number of esters is 6. The molecule has 0 saturated heterocycles. The van der Waals surface area contributed by atoms with Gasteiger partial charge >= 0.3 is 54.3 Å². The van der Waals surface area contributed by atoms with Gasteiger partial charge in [0.2, 0.25) is 0 Å². The van der Waals surface area contributed by atoms with Gasteiger partial charge in [-0.2, -0.15) is 0 Å². The molecule has 0 aromatic heterocycles. The molecule has 0 aromatic rings. The van der Waals surface area contributed by atoms with Crippen molar-refractivity contribution in [3.05, 3.63) is 0 Å². The molecule has 0 radical (unpaired) electrons. The number of rotatable bonds is 27. The van der Waals surface area contributed by atoms with Crippen LogP contribution >= 0.6 is 0 Å². The van der Waals surface area contributed by atoms with Crippen LogP contribution in [0.1, 0.15) is 74.1 Å². The summed E-state index contributed by atoms with van der Waals surface area (Å²) in [6.07, 6.45) is -13.4. The lowest BCUT2D eigenvalue weighted by Gasteiger charge is -2.33. The summed E-state index contributed by atoms with van der Waals surface area (Å²) < 4.78 is 59.2. The van der Waals surface area contributed by atoms with Crippen molar-refractivity contribution in [2.24, 2.45) is 0 Å². The van der Waals surface area contributed by atoms with E-state index in [1.165, 1.54) is 6.92 Å². The summed E-state index contributed by atoms with van der Waals surface area (Å²) in [6.45, 7) is 4.86. The number of ether oxygens (including phenoxy) is 12. The Labute approximate surface area is 338 Å². The maximum atomic E-state index is 13.2. The molecule has 0 amide bonds. The first kappa shape index (κ1) is 53.5. The number of carbonyl (C=O) groups is 9. The second kappa shape index (κ2) is 28.8. The fourth-order valence-corrected chi connectivity index (χ4v) is 3.61. The lowest BCUT2D eigenvalue weighted by Crippen LogP contribution is -2.48. The second-order valence-corrected chi connectivity index (χ2v) is 12.2. The van der Waals surface area contributed by atoms with E-state index in [1.54, 1.807) is 0 Å². The molecule has 0 spiro atoms. The fourth-order valence-electron chi connectivity index (χ4n) is 3.61. The Hall–Kier alpha value is -5.49. The van der Waals surface area contributed by atoms with Crippen molar-refractivity contribution in [2.45, 2.75) is 116 Å². The summed E-state index contributed by atoms with van der Waals surface area (Å²) in [7, 11) is 0. The van der Waals surface area contributed by atoms with Gasteiger partial charge in [0.1, 0.15) is 13.2 Å². The Balaban J connectivity index is 5.86. The highest BCUT2D eigenvalue weighted by Crippen LogP contribution is 2.21. The molecule has 0 aliphatic heterocycles. The Morgan fingerprint density at radius 1 is 0.407 bits per heavy atom. The Kier molecular flexibility index (Phi) is 26.2. The minimum absolute atomic E-state index is 0.105. The predicted octanol–water partition coefficient (Wildman–Crippen LogP) is 0.332. The van der Waals surface area contributed by atoms with E-state index in [0.29, 0.717) is 0 Å². The molecule has 0 fully saturated rings. The molecule has 6 unspecified atom stereocenters. The van der Waals surface area contributed by atoms with E-state index in [0.717, 1.165) is 41.5 Å². The first-order valence-corrected chi connectivity index (χ1v) is 18.3. The zero-order valence-corrected chi connectivity index (χ0v) is 33.9. The Bertz CT molecular complexity index is 1310. The summed E-state index contributed by atoms with van der Waals surface area (Å²) in [6, 6.07) is 0. The van der Waals surface area contributed by atoms with Crippen LogP contribution in [0, 0.1) is 0 Å². The summed E-state index contributed by atoms with van der Waals surface area (Å²) >= 11 is 0. The van der Waals surface area contributed by atoms with Crippen molar-refractivity contribution >= 4 is 54.3 Å². The van der Waals surface area contributed by atoms with E-state index in [4.69, 9.17) is 58.0 Å². The van der Waals surface area contributed by atoms with Crippen LogP contribution in [-0.2, 0) is 85.6 Å². The highest BCUT2D eigenvalue weighted by atomic mass is 16.8. The van der Waals surface area contributed by atoms with Gasteiger partial charge in [-0.1, -0.05) is 6.92 Å². The number of aliphatic hydroxyl groups is 3. The molecular weight excluding hydrogens is 804 g/mol. The lowest BCUT2D eigenvalue weighted by atomic mass is 10.0. The van der Waals surface area contributed by atoms with Crippen molar-refractivity contribution in [3.8, 4) is 0 Å². The van der Waals surface area contributed by atoms with Crippen molar-refractivity contribution < 1.29 is 115 Å². The first-order valence-electron chi connectivity index (χ1n) is 18.3. The number of hydrogen-bond acceptors (Lipinski definition) is 24. The van der Waals surface area contributed by atoms with Crippen LogP contribution in [0.5, 0.6) is 0 Å². The molecule has 0 aromatic carbocycles. The average molecular weight is 859 g/mol. The third-order valence-electron chi connectivity index (χ3n) is 7.17. The third-order valence-corrected chi connectivity index (χ3v) is 7.17. The van der Waals surface area contributed by atoms with Crippen molar-refractivity contribution in [1.29, 1.82) is 0 Å². The molecule has 0 aliphatic rings. The molecule has 6 atom stereocenters. The first-order chi connectivity index (χ1) is 27.8. The van der Waals surface area contributed by atoms with Gasteiger partial charge in [-0.15, -0.1) is 0 Å². The maximum Gasteiger partial charge on any atom is 0.509 e. The standard InChI is InChI=1S/C35H54O24/c1-8-35(59-31(44)25(7)55-30(43)24(6)58-34(47)50-17-11-14-38,18-51-26(39)20(2)53-28(41)22(4)56-32(45)48-15-9-12-36)19-52-27(40)21(3)54-29(42)23(5)57-33(46)49-16-10-13-37/h20-25,36-38H,8-19H2,1-7H3. The normalized spacial score (nSPS) is 14.7. The molecule has 0 rings (SSSR count). The van der Waals surface area contributed by atoms with Gasteiger partial charge in [0.25, 0.3) is 0 Å². The van der Waals surface area contributed by atoms with Crippen LogP contribution in [0.3, 0.4) is 0 Å². The van der Waals surface area contributed by atoms with Crippen LogP contribution in [0.25, 0.3) is 0 Å². The van der Waals surface area contributed by atoms with Gasteiger partial charge in [-0.05, 0) is 48.0 Å². The summed E-state index contributed by atoms with van der Waals surface area (Å²) in [5.41, 5.74) is -2.06. The van der Waals surface area contributed by atoms with Gasteiger partial charge in [0.15, 0.2) is 42.2 Å². The van der Waals surface area contributed by atoms with E-state index in [9.17, 15) is 43.2 Å². The highest BCUT2D eigenvalue weighted by Gasteiger charge is 2.40. The van der Waals surface area contributed by atoms with E-state index >= 15 is 0 Å². The van der Waals surface area contributed by atoms with Gasteiger partial charge in [-0.3, -0.25) is 0 Å². The van der Waals surface area contributed by atoms with Crippen molar-refractivity contribution in [2.75, 3.05) is 52.9 Å². The summed E-state index contributed by atoms with van der Waals surface area (Å²) in [5.74, 6) is -7.32. The molecule has 24 nitrogen and oxygen atoms in total. The van der Waals surface area contributed by atoms with E-state index in [-0.39, 0.29) is 65.3 Å². The van der Waals surface area contributed by atoms with Gasteiger partial charge in [-0.25, -0.2) is 43.2 Å². The smallest absolute Gasteiger partial charge is 0.459 e. The maximum absolute atomic E-state index is 13.2. The molecule has 3 N–H and O–H groups in total. The average Bonchev–Trinajstić information content (AvgIpc) is 3.18. The molecule has 59 heavy (non-hydrogen) atoms. The summed E-state index contributed by atoms with van der Waals surface area (Å²) in [5, 5.41) is 26.3. The van der Waals surface area contributed by atoms with E-state index in [1.807, 2.05) is 0 Å². The van der Waals surface area contributed by atoms with Gasteiger partial charge in [0, 0.05) is 39.1 Å². The van der Waals surface area contributed by atoms with Crippen LogP contribution in [0.2, 0.25) is 0 Å². The Morgan fingerprint density at radius 3 is 0.949 bits per heavy atom. The van der Waals surface area contributed by atoms with Crippen LogP contribution in [0.15, 0.2) is 0 Å². The largest absolute Gasteiger partial charge is 0.509 e. The number of hydrogen-bond donors (Lipinski definition) is 3. The van der Waals surface area contributed by atoms with Crippen molar-refractivity contribution in [3.63, 3.8) is 0 Å². The zero-order chi connectivity index (χ0) is 45.1. The minimum atomic E-state index is -2.06. The van der Waals surface area contributed by atoms with Crippen LogP contribution in [0.4, 0.5) is 14.4 Å². The summed E-state index contributed by atoms with van der Waals surface area (Å²) in [4.78, 5) is 112. The SMILES string of the molecule is CCC(COC(=O)C(C)OC(=O)C(C)OC(=O)OCCCO)(COC(=O)C(C)OC(=O)C(C)OC(=O)OCCCO)OC(=O)C(C)OC(=O)C(C)OC(=O)OCCCO. The third kappa shape index (κ3) is 22.3. The van der Waals surface area contributed by atoms with E-state index in [2.05, 4.69) is 14.2 Å². The predicted molar refractivity (Wildman–Crippen MR) is 188 cm³/mol. The number of aliphatic hydroxyl groups excluding tert-OH is 3. The highest BCUT2D eigenvalue weighted by molar-refractivity contribution is 5.84. The lowest BCUT2D eigenvalue weighted by molar-refractivity contribution is -0.200. The van der Waals surface area contributed by atoms with Crippen LogP contribution in [-0.4, -0.2) is 165 Å². The Morgan fingerprint density at radius 2 is 0.678 bits per heavy atom. The van der Waals surface area contributed by atoms with Gasteiger partial charge < -0.3 is 72.2 Å². The van der Waals surface area contributed by atoms with Crippen molar-refractivity contribution in [1.82, 2.24) is 0 Å². The molecular formula is C35H54O24. The van der Waals surface area contributed by atoms with Gasteiger partial charge in [0.05, 0.1) is 19.8 Å². The quantitative estimate of drug-likeness (QED) is 0.0569. The number of carbonyl (C=O) groups excluding carboxylic acids is 9. The van der Waals surface area contributed by atoms with Crippen LogP contribution < -0.4 is 0 Å². The molecule has 0 saturated carbocycles.